The van der Waals surface area contributed by atoms with Gasteiger partial charge >= 0.3 is 0 Å². The van der Waals surface area contributed by atoms with Crippen LogP contribution in [-0.2, 0) is 16.0 Å². The molecule has 0 saturated heterocycles. The molecule has 4 heteroatoms. The van der Waals surface area contributed by atoms with Crippen LogP contribution >= 0.6 is 11.3 Å². The maximum atomic E-state index is 11.1. The summed E-state index contributed by atoms with van der Waals surface area (Å²) in [7, 11) is 1.52. The van der Waals surface area contributed by atoms with Crippen molar-refractivity contribution in [1.29, 1.82) is 0 Å². The molecular weight excluding hydrogens is 198 g/mol. The number of amides is 1. The van der Waals surface area contributed by atoms with Crippen LogP contribution in [0, 0.1) is 0 Å². The van der Waals surface area contributed by atoms with E-state index in [1.807, 2.05) is 12.3 Å². The van der Waals surface area contributed by atoms with Crippen molar-refractivity contribution in [2.75, 3.05) is 13.7 Å². The van der Waals surface area contributed by atoms with Crippen molar-refractivity contribution in [3.63, 3.8) is 0 Å². The molecule has 0 aromatic carbocycles. The fraction of sp³-hybridized carbons (Fsp3) is 0.500. The van der Waals surface area contributed by atoms with Gasteiger partial charge in [-0.3, -0.25) is 4.79 Å². The smallest absolute Gasteiger partial charge is 0.246 e. The molecule has 1 N–H and O–H groups in total. The third-order valence-electron chi connectivity index (χ3n) is 1.80. The van der Waals surface area contributed by atoms with Gasteiger partial charge in [0.05, 0.1) is 0 Å². The monoisotopic (exact) mass is 213 g/mol. The summed E-state index contributed by atoms with van der Waals surface area (Å²) in [6.45, 7) is 2.12. The molecule has 0 aliphatic heterocycles. The zero-order valence-electron chi connectivity index (χ0n) is 8.45. The first kappa shape index (κ1) is 11.2. The summed E-state index contributed by atoms with van der Waals surface area (Å²) in [5.74, 6) is -0.0600. The standard InChI is InChI=1S/C10H15NO2S/c1-8(11-10(12)6-13-2)5-9-3-4-14-7-9/h3-4,7-8H,5-6H2,1-2H3,(H,11,12). The lowest BCUT2D eigenvalue weighted by Crippen LogP contribution is -2.36. The molecule has 0 spiro atoms. The zero-order valence-corrected chi connectivity index (χ0v) is 9.26. The Kier molecular flexibility index (Phi) is 4.62. The van der Waals surface area contributed by atoms with Gasteiger partial charge < -0.3 is 10.1 Å². The molecule has 1 aromatic rings. The second kappa shape index (κ2) is 5.78. The third kappa shape index (κ3) is 3.89. The Morgan fingerprint density at radius 3 is 3.07 bits per heavy atom. The largest absolute Gasteiger partial charge is 0.375 e. The molecule has 0 bridgehead atoms. The number of hydrogen-bond donors (Lipinski definition) is 1. The van der Waals surface area contributed by atoms with Gasteiger partial charge in [-0.15, -0.1) is 0 Å². The number of ether oxygens (including phenoxy) is 1. The molecule has 0 radical (unpaired) electrons. The van der Waals surface area contributed by atoms with Crippen LogP contribution in [0.3, 0.4) is 0 Å². The Labute approximate surface area is 88.1 Å². The number of hydrogen-bond acceptors (Lipinski definition) is 3. The van der Waals surface area contributed by atoms with Gasteiger partial charge in [0.2, 0.25) is 5.91 Å². The third-order valence-corrected chi connectivity index (χ3v) is 2.54. The highest BCUT2D eigenvalue weighted by molar-refractivity contribution is 7.07. The van der Waals surface area contributed by atoms with Crippen LogP contribution in [0.4, 0.5) is 0 Å². The van der Waals surface area contributed by atoms with Crippen LogP contribution in [0.5, 0.6) is 0 Å². The molecule has 1 atom stereocenters. The Bertz CT molecular complexity index is 272. The summed E-state index contributed by atoms with van der Waals surface area (Å²) in [5, 5.41) is 7.00. The number of carbonyl (C=O) groups is 1. The molecule has 78 valence electrons. The first-order valence-corrected chi connectivity index (χ1v) is 5.46. The normalized spacial score (nSPS) is 12.4. The van der Waals surface area contributed by atoms with Gasteiger partial charge in [-0.1, -0.05) is 0 Å². The second-order valence-corrected chi connectivity index (χ2v) is 4.02. The quantitative estimate of drug-likeness (QED) is 0.803. The highest BCUT2D eigenvalue weighted by Gasteiger charge is 2.07. The maximum absolute atomic E-state index is 11.1. The summed E-state index contributed by atoms with van der Waals surface area (Å²) in [5.41, 5.74) is 1.26. The van der Waals surface area contributed by atoms with E-state index in [0.717, 1.165) is 6.42 Å². The Hall–Kier alpha value is -0.870. The van der Waals surface area contributed by atoms with Crippen molar-refractivity contribution in [3.8, 4) is 0 Å². The minimum atomic E-state index is -0.0600. The van der Waals surface area contributed by atoms with E-state index >= 15 is 0 Å². The van der Waals surface area contributed by atoms with Crippen LogP contribution < -0.4 is 5.32 Å². The second-order valence-electron chi connectivity index (χ2n) is 3.24. The highest BCUT2D eigenvalue weighted by Crippen LogP contribution is 2.08. The molecular formula is C10H15NO2S. The van der Waals surface area contributed by atoms with Gasteiger partial charge in [0, 0.05) is 13.2 Å². The highest BCUT2D eigenvalue weighted by atomic mass is 32.1. The van der Waals surface area contributed by atoms with E-state index in [-0.39, 0.29) is 18.6 Å². The summed E-state index contributed by atoms with van der Waals surface area (Å²) >= 11 is 1.67. The van der Waals surface area contributed by atoms with Gasteiger partial charge in [0.15, 0.2) is 0 Å². The average Bonchev–Trinajstić information content (AvgIpc) is 2.56. The van der Waals surface area contributed by atoms with Crippen molar-refractivity contribution in [2.24, 2.45) is 0 Å². The molecule has 0 aliphatic carbocycles. The van der Waals surface area contributed by atoms with E-state index in [9.17, 15) is 4.79 Å². The Morgan fingerprint density at radius 2 is 2.50 bits per heavy atom. The topological polar surface area (TPSA) is 38.3 Å². The van der Waals surface area contributed by atoms with Crippen molar-refractivity contribution in [2.45, 2.75) is 19.4 Å². The fourth-order valence-electron chi connectivity index (χ4n) is 1.26. The summed E-state index contributed by atoms with van der Waals surface area (Å²) in [4.78, 5) is 11.1. The molecule has 1 unspecified atom stereocenters. The molecule has 1 amide bonds. The van der Waals surface area contributed by atoms with Crippen molar-refractivity contribution >= 4 is 17.2 Å². The molecule has 0 saturated carbocycles. The first-order chi connectivity index (χ1) is 6.72. The number of rotatable bonds is 5. The van der Waals surface area contributed by atoms with E-state index < -0.39 is 0 Å². The summed E-state index contributed by atoms with van der Waals surface area (Å²) in [6, 6.07) is 2.23. The molecule has 3 nitrogen and oxygen atoms in total. The lowest BCUT2D eigenvalue weighted by molar-refractivity contribution is -0.125. The van der Waals surface area contributed by atoms with E-state index in [1.54, 1.807) is 11.3 Å². The molecule has 14 heavy (non-hydrogen) atoms. The zero-order chi connectivity index (χ0) is 10.4. The van der Waals surface area contributed by atoms with Gasteiger partial charge in [-0.2, -0.15) is 11.3 Å². The van der Waals surface area contributed by atoms with E-state index in [4.69, 9.17) is 4.74 Å². The van der Waals surface area contributed by atoms with Crippen molar-refractivity contribution in [1.82, 2.24) is 5.32 Å². The predicted octanol–water partition coefficient (Wildman–Crippen LogP) is 1.44. The lowest BCUT2D eigenvalue weighted by Gasteiger charge is -2.12. The molecule has 0 aliphatic rings. The van der Waals surface area contributed by atoms with Gasteiger partial charge in [-0.05, 0) is 35.7 Å². The Morgan fingerprint density at radius 1 is 1.71 bits per heavy atom. The van der Waals surface area contributed by atoms with Gasteiger partial charge in [-0.25, -0.2) is 0 Å². The Balaban J connectivity index is 2.29. The fourth-order valence-corrected chi connectivity index (χ4v) is 1.94. The maximum Gasteiger partial charge on any atom is 0.246 e. The molecule has 0 fully saturated rings. The first-order valence-electron chi connectivity index (χ1n) is 4.51. The summed E-state index contributed by atoms with van der Waals surface area (Å²) in [6.07, 6.45) is 0.874. The van der Waals surface area contributed by atoms with E-state index in [0.29, 0.717) is 0 Å². The van der Waals surface area contributed by atoms with Crippen molar-refractivity contribution in [3.05, 3.63) is 22.4 Å². The minimum absolute atomic E-state index is 0.0600. The van der Waals surface area contributed by atoms with Crippen LogP contribution in [0.15, 0.2) is 16.8 Å². The molecule has 1 rings (SSSR count). The average molecular weight is 213 g/mol. The van der Waals surface area contributed by atoms with Gasteiger partial charge in [0.1, 0.15) is 6.61 Å². The van der Waals surface area contributed by atoms with Crippen molar-refractivity contribution < 1.29 is 9.53 Å². The molecule has 1 aromatic heterocycles. The summed E-state index contributed by atoms with van der Waals surface area (Å²) < 4.78 is 4.73. The lowest BCUT2D eigenvalue weighted by atomic mass is 10.1. The van der Waals surface area contributed by atoms with Gasteiger partial charge in [0.25, 0.3) is 0 Å². The van der Waals surface area contributed by atoms with E-state index in [2.05, 4.69) is 16.8 Å². The number of methoxy groups -OCH3 is 1. The van der Waals surface area contributed by atoms with Crippen LogP contribution in [0.25, 0.3) is 0 Å². The van der Waals surface area contributed by atoms with E-state index in [1.165, 1.54) is 12.7 Å². The van der Waals surface area contributed by atoms with Crippen LogP contribution in [0.2, 0.25) is 0 Å². The molecule has 1 heterocycles. The van der Waals surface area contributed by atoms with Crippen LogP contribution in [-0.4, -0.2) is 25.7 Å². The predicted molar refractivity (Wildman–Crippen MR) is 57.5 cm³/mol. The number of carbonyl (C=O) groups excluding carboxylic acids is 1. The minimum Gasteiger partial charge on any atom is -0.375 e. The SMILES string of the molecule is COCC(=O)NC(C)Cc1ccsc1. The number of nitrogens with one attached hydrogen (secondary N) is 1. The number of thiophene rings is 1. The van der Waals surface area contributed by atoms with Crippen LogP contribution in [0.1, 0.15) is 12.5 Å².